The summed E-state index contributed by atoms with van der Waals surface area (Å²) in [6.45, 7) is 6.96. The number of nitrogens with one attached hydrogen (secondary N) is 1. The largest absolute Gasteiger partial charge is 0.573 e. The third-order valence-corrected chi connectivity index (χ3v) is 8.48. The van der Waals surface area contributed by atoms with E-state index in [2.05, 4.69) is 30.1 Å². The van der Waals surface area contributed by atoms with Crippen LogP contribution >= 0.6 is 10.7 Å². The average Bonchev–Trinajstić information content (AvgIpc) is 3.16. The van der Waals surface area contributed by atoms with Crippen molar-refractivity contribution in [2.24, 2.45) is 4.99 Å². The molecule has 0 aliphatic carbocycles. The summed E-state index contributed by atoms with van der Waals surface area (Å²) in [5.74, 6) is -1.34. The average molecular weight is 548 g/mol. The lowest BCUT2D eigenvalue weighted by atomic mass is 9.89. The number of carbonyl (C=O) groups excluding carboxylic acids is 1. The monoisotopic (exact) mass is 547 g/mol. The first-order chi connectivity index (χ1) is 17.9. The minimum absolute atomic E-state index is 0.243. The van der Waals surface area contributed by atoms with Crippen molar-refractivity contribution in [2.45, 2.75) is 45.5 Å². The van der Waals surface area contributed by atoms with E-state index in [1.54, 1.807) is 18.2 Å². The molecule has 4 rings (SSSR count). The van der Waals surface area contributed by atoms with Crippen molar-refractivity contribution in [3.05, 3.63) is 69.6 Å². The van der Waals surface area contributed by atoms with E-state index < -0.39 is 17.9 Å². The third kappa shape index (κ3) is 5.99. The molecular weight excluding hydrogens is 519 g/mol. The highest BCUT2D eigenvalue weighted by Gasteiger charge is 2.46. The van der Waals surface area contributed by atoms with Gasteiger partial charge in [-0.25, -0.2) is 4.79 Å². The van der Waals surface area contributed by atoms with Crippen LogP contribution in [0.4, 0.5) is 13.2 Å². The Labute approximate surface area is 221 Å². The lowest BCUT2D eigenvalue weighted by Crippen LogP contribution is -2.47. The fraction of sp³-hybridized carbons (Fsp3) is 0.333. The number of halogens is 3. The molecule has 2 N–H and O–H groups in total. The van der Waals surface area contributed by atoms with Gasteiger partial charge < -0.3 is 15.2 Å². The highest BCUT2D eigenvalue weighted by atomic mass is 32.2. The van der Waals surface area contributed by atoms with Crippen LogP contribution in [0.5, 0.6) is 5.75 Å². The Morgan fingerprint density at radius 2 is 1.84 bits per heavy atom. The number of carboxylic acids is 1. The predicted octanol–water partition coefficient (Wildman–Crippen LogP) is 5.29. The number of piperidine rings is 1. The van der Waals surface area contributed by atoms with E-state index in [4.69, 9.17) is 0 Å². The van der Waals surface area contributed by atoms with Crippen LogP contribution in [0.1, 0.15) is 52.4 Å². The van der Waals surface area contributed by atoms with E-state index >= 15 is 0 Å². The summed E-state index contributed by atoms with van der Waals surface area (Å²) >= 11 is 0. The maximum Gasteiger partial charge on any atom is 0.573 e. The molecule has 38 heavy (non-hydrogen) atoms. The molecule has 0 saturated carbocycles. The van der Waals surface area contributed by atoms with Crippen LogP contribution in [0.2, 0.25) is 0 Å². The second kappa shape index (κ2) is 10.7. The van der Waals surface area contributed by atoms with Gasteiger partial charge in [0.2, 0.25) is 0 Å². The Morgan fingerprint density at radius 3 is 2.42 bits per heavy atom. The summed E-state index contributed by atoms with van der Waals surface area (Å²) in [5.41, 5.74) is 2.38. The normalized spacial score (nSPS) is 18.6. The van der Waals surface area contributed by atoms with E-state index in [0.29, 0.717) is 31.5 Å². The molecule has 11 heteroatoms. The summed E-state index contributed by atoms with van der Waals surface area (Å²) < 4.78 is 44.1. The zero-order valence-corrected chi connectivity index (χ0v) is 21.9. The molecule has 2 heterocycles. The zero-order chi connectivity index (χ0) is 27.7. The minimum atomic E-state index is -4.81. The Morgan fingerprint density at radius 1 is 1.18 bits per heavy atom. The van der Waals surface area contributed by atoms with E-state index in [-0.39, 0.29) is 33.7 Å². The van der Waals surface area contributed by atoms with Gasteiger partial charge in [0.05, 0.1) is 5.56 Å². The number of amides is 1. The van der Waals surface area contributed by atoms with Crippen molar-refractivity contribution in [1.29, 1.82) is 0 Å². The van der Waals surface area contributed by atoms with Crippen molar-refractivity contribution < 1.29 is 32.6 Å². The second-order valence-electron chi connectivity index (χ2n) is 9.16. The maximum atomic E-state index is 12.9. The van der Waals surface area contributed by atoms with Crippen molar-refractivity contribution in [1.82, 2.24) is 9.62 Å². The molecule has 1 unspecified atom stereocenters. The van der Waals surface area contributed by atoms with E-state index in [1.165, 1.54) is 18.2 Å². The number of ether oxygens (including phenoxy) is 1. The number of carboxylic acid groups (broad SMARTS) is 1. The fourth-order valence-corrected chi connectivity index (χ4v) is 6.22. The van der Waals surface area contributed by atoms with E-state index in [1.807, 2.05) is 26.8 Å². The number of aryl methyl sites for hydroxylation is 2. The number of nitrogens with zero attached hydrogens (tertiary/aromatic N) is 2. The molecule has 1 spiro atoms. The van der Waals surface area contributed by atoms with Gasteiger partial charge in [0, 0.05) is 18.7 Å². The summed E-state index contributed by atoms with van der Waals surface area (Å²) in [6, 6.07) is 8.73. The van der Waals surface area contributed by atoms with Crippen molar-refractivity contribution in [3.8, 4) is 5.75 Å². The first kappa shape index (κ1) is 27.6. The quantitative estimate of drug-likeness (QED) is 0.480. The Hall–Kier alpha value is -3.44. The highest BCUT2D eigenvalue weighted by molar-refractivity contribution is 8.15. The number of hydrogen-bond donors (Lipinski definition) is 2. The molecule has 2 aromatic carbocycles. The van der Waals surface area contributed by atoms with Crippen molar-refractivity contribution >= 4 is 39.8 Å². The molecule has 0 radical (unpaired) electrons. The van der Waals surface area contributed by atoms with Crippen LogP contribution in [-0.2, 0) is 4.79 Å². The lowest BCUT2D eigenvalue weighted by molar-refractivity contribution is -0.274. The number of hydrogen-bond acceptors (Lipinski definition) is 5. The molecule has 0 aromatic heterocycles. The smallest absolute Gasteiger partial charge is 0.478 e. The number of alkyl halides is 3. The molecule has 7 nitrogen and oxygen atoms in total. The third-order valence-electron chi connectivity index (χ3n) is 6.63. The number of carbonyl (C=O) groups is 2. The maximum absolute atomic E-state index is 12.9. The van der Waals surface area contributed by atoms with Crippen LogP contribution in [0.15, 0.2) is 46.8 Å². The molecule has 1 fully saturated rings. The van der Waals surface area contributed by atoms with Crippen LogP contribution < -0.4 is 10.1 Å². The van der Waals surface area contributed by atoms with Gasteiger partial charge in [-0.2, -0.15) is 0 Å². The zero-order valence-electron chi connectivity index (χ0n) is 21.1. The Kier molecular flexibility index (Phi) is 7.80. The van der Waals surface area contributed by atoms with Crippen LogP contribution in [0.3, 0.4) is 0 Å². The molecule has 1 saturated heterocycles. The highest BCUT2D eigenvalue weighted by Crippen LogP contribution is 2.36. The van der Waals surface area contributed by atoms with Gasteiger partial charge >= 0.3 is 12.3 Å². The van der Waals surface area contributed by atoms with Gasteiger partial charge in [-0.15, -0.1) is 13.2 Å². The number of benzene rings is 2. The minimum Gasteiger partial charge on any atom is -0.478 e. The number of amidine groups is 1. The standard InChI is InChI=1S/C27H28F3N3O4S/c1-4-38(13-8-22-17(2)14-20(24(34)35)15-18(22)3)33-11-9-26(10-12-33)25(36)31-23(32-26)19-6-5-7-21(16-19)37-27(28,29)30/h4-8,13-16H,9-12H2,1-3H3,(H,34,35)(H,31,32,36)/b13-8+. The van der Waals surface area contributed by atoms with Gasteiger partial charge in [0.25, 0.3) is 5.91 Å². The summed E-state index contributed by atoms with van der Waals surface area (Å²) in [5, 5.41) is 16.2. The topological polar surface area (TPSA) is 91.2 Å². The summed E-state index contributed by atoms with van der Waals surface area (Å²) in [6.07, 6.45) is -1.86. The van der Waals surface area contributed by atoms with Gasteiger partial charge in [-0.1, -0.05) is 22.8 Å². The second-order valence-corrected chi connectivity index (χ2v) is 11.1. The molecule has 1 atom stereocenters. The molecule has 2 aromatic rings. The van der Waals surface area contributed by atoms with E-state index in [0.717, 1.165) is 16.7 Å². The van der Waals surface area contributed by atoms with Crippen LogP contribution in [-0.4, -0.2) is 57.5 Å². The van der Waals surface area contributed by atoms with Gasteiger partial charge in [-0.05, 0) is 91.4 Å². The molecule has 1 amide bonds. The van der Waals surface area contributed by atoms with Gasteiger partial charge in [0.1, 0.15) is 17.1 Å². The first-order valence-electron chi connectivity index (χ1n) is 12.0. The van der Waals surface area contributed by atoms with Crippen LogP contribution in [0.25, 0.3) is 6.08 Å². The first-order valence-corrected chi connectivity index (χ1v) is 13.3. The van der Waals surface area contributed by atoms with Gasteiger partial charge in [0.15, 0.2) is 0 Å². The van der Waals surface area contributed by atoms with Gasteiger partial charge in [-0.3, -0.25) is 14.1 Å². The van der Waals surface area contributed by atoms with Crippen molar-refractivity contribution in [3.63, 3.8) is 0 Å². The van der Waals surface area contributed by atoms with Crippen molar-refractivity contribution in [2.75, 3.05) is 13.1 Å². The lowest BCUT2D eigenvalue weighted by Gasteiger charge is -2.36. The molecule has 2 aliphatic heterocycles. The number of aromatic carboxylic acids is 1. The number of rotatable bonds is 6. The summed E-state index contributed by atoms with van der Waals surface area (Å²) in [4.78, 5) is 28.9. The number of aliphatic imine (C=N–C) groups is 1. The summed E-state index contributed by atoms with van der Waals surface area (Å²) in [7, 11) is -0.327. The Balaban J connectivity index is 1.47. The molecule has 202 valence electrons. The molecule has 0 bridgehead atoms. The van der Waals surface area contributed by atoms with Crippen LogP contribution in [0, 0.1) is 13.8 Å². The predicted molar refractivity (Wildman–Crippen MR) is 143 cm³/mol. The van der Waals surface area contributed by atoms with E-state index in [9.17, 15) is 27.9 Å². The SMILES string of the molecule is C/C=S(/C=C/c1c(C)cc(C(=O)O)cc1C)N1CCC2(CC1)N=C(c1cccc(OC(F)(F)F)c1)NC2=O. The molecular formula is C27H28F3N3O4S. The fourth-order valence-electron chi connectivity index (χ4n) is 4.71. The molecule has 2 aliphatic rings. The Bertz CT molecular complexity index is 1340.